The number of fused-ring (bicyclic) bond motifs is 1. The minimum absolute atomic E-state index is 0.0318. The molecule has 1 amide bonds. The van der Waals surface area contributed by atoms with Crippen molar-refractivity contribution in [2.75, 3.05) is 0 Å². The highest BCUT2D eigenvalue weighted by molar-refractivity contribution is 7.13. The number of carboxylic acid groups (broad SMARTS) is 1. The summed E-state index contributed by atoms with van der Waals surface area (Å²) in [5, 5.41) is 22.1. The summed E-state index contributed by atoms with van der Waals surface area (Å²) < 4.78 is 0. The first-order valence-corrected chi connectivity index (χ1v) is 11.8. The average molecular weight is 453 g/mol. The van der Waals surface area contributed by atoms with Gasteiger partial charge >= 0.3 is 5.97 Å². The quantitative estimate of drug-likeness (QED) is 0.376. The van der Waals surface area contributed by atoms with Gasteiger partial charge in [-0.25, -0.2) is 10.4 Å². The van der Waals surface area contributed by atoms with Gasteiger partial charge in [0.25, 0.3) is 5.91 Å². The first-order chi connectivity index (χ1) is 15.4. The number of phenols is 1. The second-order valence-corrected chi connectivity index (χ2v) is 10.8. The van der Waals surface area contributed by atoms with E-state index >= 15 is 0 Å². The van der Waals surface area contributed by atoms with Crippen LogP contribution in [0.1, 0.15) is 48.9 Å². The first kappa shape index (κ1) is 19.8. The van der Waals surface area contributed by atoms with Gasteiger partial charge in [0.1, 0.15) is 22.6 Å². The van der Waals surface area contributed by atoms with Crippen LogP contribution in [-0.4, -0.2) is 37.6 Å². The molecule has 0 aliphatic heterocycles. The number of amides is 1. The first-order valence-electron chi connectivity index (χ1n) is 10.9. The molecular weight excluding hydrogens is 428 g/mol. The van der Waals surface area contributed by atoms with Crippen LogP contribution in [-0.2, 0) is 4.79 Å². The number of aliphatic carboxylic acids is 1. The van der Waals surface area contributed by atoms with Gasteiger partial charge in [-0.15, -0.1) is 11.3 Å². The second-order valence-electron chi connectivity index (χ2n) is 9.82. The molecule has 2 heterocycles. The van der Waals surface area contributed by atoms with Crippen LogP contribution in [0.5, 0.6) is 5.75 Å². The summed E-state index contributed by atoms with van der Waals surface area (Å²) >= 11 is 1.52. The molecule has 9 heteroatoms. The van der Waals surface area contributed by atoms with Crippen LogP contribution in [0.3, 0.4) is 0 Å². The molecule has 4 bridgehead atoms. The lowest BCUT2D eigenvalue weighted by Gasteiger charge is -2.60. The molecule has 8 nitrogen and oxygen atoms in total. The third kappa shape index (κ3) is 2.95. The Bertz CT molecular complexity index is 1220. The molecule has 0 radical (unpaired) electrons. The molecule has 7 rings (SSSR count). The summed E-state index contributed by atoms with van der Waals surface area (Å²) in [6.07, 6.45) is 4.88. The molecule has 4 aliphatic carbocycles. The minimum Gasteiger partial charge on any atom is -0.506 e. The lowest BCUT2D eigenvalue weighted by Crippen LogP contribution is -2.66. The number of aromatic nitrogens is 2. The van der Waals surface area contributed by atoms with Gasteiger partial charge in [0.2, 0.25) is 0 Å². The highest BCUT2D eigenvalue weighted by Gasteiger charge is 2.61. The third-order valence-electron chi connectivity index (χ3n) is 7.58. The monoisotopic (exact) mass is 452 g/mol. The van der Waals surface area contributed by atoms with Gasteiger partial charge in [0.15, 0.2) is 0 Å². The van der Waals surface area contributed by atoms with Crippen molar-refractivity contribution in [2.24, 2.45) is 17.3 Å². The van der Waals surface area contributed by atoms with E-state index in [9.17, 15) is 19.8 Å². The normalized spacial score (nSPS) is 30.6. The van der Waals surface area contributed by atoms with E-state index in [2.05, 4.69) is 20.8 Å². The Morgan fingerprint density at radius 2 is 1.94 bits per heavy atom. The zero-order chi connectivity index (χ0) is 22.1. The van der Waals surface area contributed by atoms with Crippen molar-refractivity contribution in [3.63, 3.8) is 0 Å². The van der Waals surface area contributed by atoms with Gasteiger partial charge in [0.05, 0.1) is 15.9 Å². The molecule has 2 unspecified atom stereocenters. The number of thiophene rings is 1. The number of rotatable bonds is 5. The highest BCUT2D eigenvalue weighted by atomic mass is 32.1. The number of imidazole rings is 1. The summed E-state index contributed by atoms with van der Waals surface area (Å²) in [5.74, 6) is 0.349. The van der Waals surface area contributed by atoms with Crippen molar-refractivity contribution in [3.8, 4) is 16.5 Å². The number of benzene rings is 1. The van der Waals surface area contributed by atoms with E-state index in [-0.39, 0.29) is 17.2 Å². The Hall–Kier alpha value is -2.91. The number of hydrazine groups is 1. The molecule has 0 saturated heterocycles. The molecule has 3 aromatic rings. The minimum atomic E-state index is -0.707. The van der Waals surface area contributed by atoms with E-state index < -0.39 is 11.4 Å². The van der Waals surface area contributed by atoms with E-state index in [0.717, 1.165) is 37.0 Å². The van der Waals surface area contributed by atoms with Crippen molar-refractivity contribution >= 4 is 34.2 Å². The summed E-state index contributed by atoms with van der Waals surface area (Å²) in [6.45, 7) is 0. The second kappa shape index (κ2) is 6.79. The number of nitrogens with zero attached hydrogens (tertiary/aromatic N) is 1. The van der Waals surface area contributed by atoms with E-state index in [1.807, 2.05) is 17.5 Å². The smallest absolute Gasteiger partial charge is 0.309 e. The lowest BCUT2D eigenvalue weighted by molar-refractivity contribution is -0.168. The van der Waals surface area contributed by atoms with Crippen LogP contribution in [0.15, 0.2) is 29.6 Å². The van der Waals surface area contributed by atoms with Gasteiger partial charge in [-0.05, 0) is 73.9 Å². The van der Waals surface area contributed by atoms with E-state index in [1.54, 1.807) is 6.07 Å². The SMILES string of the molecule is O=C(NNC12CC3CC(C1)CC(C(=O)O)(C3)C2)c1ccc(O)c2[nH]c(-c3cccs3)nc12. The summed E-state index contributed by atoms with van der Waals surface area (Å²) in [7, 11) is 0. The van der Waals surface area contributed by atoms with Crippen molar-refractivity contribution in [2.45, 2.75) is 44.1 Å². The molecule has 1 aromatic carbocycles. The van der Waals surface area contributed by atoms with Crippen LogP contribution in [0.2, 0.25) is 0 Å². The lowest BCUT2D eigenvalue weighted by atomic mass is 9.47. The van der Waals surface area contributed by atoms with Gasteiger partial charge in [-0.3, -0.25) is 15.0 Å². The molecule has 2 aromatic heterocycles. The summed E-state index contributed by atoms with van der Waals surface area (Å²) in [6, 6.07) is 6.88. The van der Waals surface area contributed by atoms with Crippen LogP contribution >= 0.6 is 11.3 Å². The maximum Gasteiger partial charge on any atom is 0.309 e. The number of aromatic amines is 1. The zero-order valence-electron chi connectivity index (χ0n) is 17.4. The van der Waals surface area contributed by atoms with Crippen LogP contribution in [0.4, 0.5) is 0 Å². The number of hydrogen-bond acceptors (Lipinski definition) is 6. The summed E-state index contributed by atoms with van der Waals surface area (Å²) in [5.41, 5.74) is 6.22. The topological polar surface area (TPSA) is 127 Å². The van der Waals surface area contributed by atoms with Gasteiger partial charge in [-0.1, -0.05) is 6.07 Å². The van der Waals surface area contributed by atoms with Crippen molar-refractivity contribution in [1.82, 2.24) is 20.8 Å². The Kier molecular flexibility index (Phi) is 4.19. The molecule has 4 saturated carbocycles. The molecular formula is C23H24N4O4S. The average Bonchev–Trinajstić information content (AvgIpc) is 3.42. The number of phenolic OH excluding ortho intramolecular Hbond substituents is 1. The fourth-order valence-corrected chi connectivity index (χ4v) is 7.38. The molecule has 4 fully saturated rings. The van der Waals surface area contributed by atoms with Crippen LogP contribution in [0, 0.1) is 17.3 Å². The fourth-order valence-electron chi connectivity index (χ4n) is 6.71. The number of carbonyl (C=O) groups excluding carboxylic acids is 1. The Labute approximate surface area is 188 Å². The maximum atomic E-state index is 13.1. The summed E-state index contributed by atoms with van der Waals surface area (Å²) in [4.78, 5) is 33.8. The molecule has 32 heavy (non-hydrogen) atoms. The van der Waals surface area contributed by atoms with Crippen LogP contribution < -0.4 is 10.9 Å². The van der Waals surface area contributed by atoms with Gasteiger partial charge in [0, 0.05) is 5.54 Å². The Morgan fingerprint density at radius 3 is 2.62 bits per heavy atom. The Balaban J connectivity index is 1.27. The number of H-pyrrole nitrogens is 1. The third-order valence-corrected chi connectivity index (χ3v) is 8.45. The number of aromatic hydroxyl groups is 1. The number of carboxylic acids is 1. The number of nitrogens with one attached hydrogen (secondary N) is 3. The molecule has 4 aliphatic rings. The van der Waals surface area contributed by atoms with E-state index in [1.165, 1.54) is 17.4 Å². The molecule has 2 atom stereocenters. The van der Waals surface area contributed by atoms with Gasteiger partial charge in [-0.2, -0.15) is 0 Å². The fraction of sp³-hybridized carbons (Fsp3) is 0.435. The molecule has 166 valence electrons. The number of hydrogen-bond donors (Lipinski definition) is 5. The molecule has 0 spiro atoms. The predicted octanol–water partition coefficient (Wildman–Crippen LogP) is 3.66. The van der Waals surface area contributed by atoms with Crippen LogP contribution in [0.25, 0.3) is 21.7 Å². The van der Waals surface area contributed by atoms with E-state index in [4.69, 9.17) is 0 Å². The van der Waals surface area contributed by atoms with E-state index in [0.29, 0.717) is 40.7 Å². The molecule has 5 N–H and O–H groups in total. The van der Waals surface area contributed by atoms with Crippen molar-refractivity contribution < 1.29 is 19.8 Å². The highest BCUT2D eigenvalue weighted by Crippen LogP contribution is 2.61. The maximum absolute atomic E-state index is 13.1. The van der Waals surface area contributed by atoms with Crippen molar-refractivity contribution in [3.05, 3.63) is 35.2 Å². The van der Waals surface area contributed by atoms with Gasteiger partial charge < -0.3 is 15.2 Å². The number of carbonyl (C=O) groups is 2. The zero-order valence-corrected chi connectivity index (χ0v) is 18.2. The Morgan fingerprint density at radius 1 is 1.16 bits per heavy atom. The predicted molar refractivity (Wildman–Crippen MR) is 119 cm³/mol. The largest absolute Gasteiger partial charge is 0.506 e. The standard InChI is InChI=1S/C23H24N4O4S/c28-15-4-3-14(17-18(15)25-19(24-17)16-2-1-5-32-16)20(29)26-27-23-9-12-6-13(10-23)8-22(7-12,11-23)21(30)31/h1-5,12-13,27-28H,6-11H2,(H,24,25)(H,26,29)(H,30,31). The van der Waals surface area contributed by atoms with Crippen molar-refractivity contribution in [1.29, 1.82) is 0 Å².